The Morgan fingerprint density at radius 2 is 2.18 bits per heavy atom. The van der Waals surface area contributed by atoms with Crippen LogP contribution in [0.25, 0.3) is 0 Å². The number of hydrogen-bond acceptors (Lipinski definition) is 3. The number of Topliss-reactive ketones (excluding diaryl/α,β-unsaturated/α-hetero) is 1. The van der Waals surface area contributed by atoms with Gasteiger partial charge in [0.05, 0.1) is 11.6 Å². The highest BCUT2D eigenvalue weighted by Crippen LogP contribution is 2.22. The molecule has 2 unspecified atom stereocenters. The van der Waals surface area contributed by atoms with Gasteiger partial charge in [-0.2, -0.15) is 0 Å². The molecule has 0 amide bonds. The highest BCUT2D eigenvalue weighted by Gasteiger charge is 2.39. The Bertz CT molecular complexity index is 177. The van der Waals surface area contributed by atoms with Gasteiger partial charge in [0, 0.05) is 0 Å². The van der Waals surface area contributed by atoms with Crippen LogP contribution in [0, 0.1) is 0 Å². The molecule has 0 aromatic heterocycles. The maximum absolute atomic E-state index is 11.3. The molecular weight excluding hydrogens is 142 g/mol. The van der Waals surface area contributed by atoms with Crippen LogP contribution in [0.15, 0.2) is 0 Å². The van der Waals surface area contributed by atoms with Crippen molar-refractivity contribution in [2.45, 2.75) is 44.9 Å². The minimum Gasteiger partial charge on any atom is -0.368 e. The Morgan fingerprint density at radius 1 is 1.64 bits per heavy atom. The van der Waals surface area contributed by atoms with Crippen LogP contribution in [0.2, 0.25) is 0 Å². The summed E-state index contributed by atoms with van der Waals surface area (Å²) in [6.45, 7) is 5.46. The SMILES string of the molecule is CC1O[C@@H](C)CC(C)(N)C1=O. The Hall–Kier alpha value is -0.410. The summed E-state index contributed by atoms with van der Waals surface area (Å²) in [5.41, 5.74) is 5.09. The van der Waals surface area contributed by atoms with E-state index in [-0.39, 0.29) is 18.0 Å². The molecule has 3 nitrogen and oxygen atoms in total. The molecule has 11 heavy (non-hydrogen) atoms. The van der Waals surface area contributed by atoms with E-state index in [2.05, 4.69) is 0 Å². The first-order valence-electron chi connectivity index (χ1n) is 3.92. The van der Waals surface area contributed by atoms with Gasteiger partial charge >= 0.3 is 0 Å². The van der Waals surface area contributed by atoms with Crippen LogP contribution in [0.5, 0.6) is 0 Å². The normalized spacial score (nSPS) is 46.0. The van der Waals surface area contributed by atoms with Crippen LogP contribution in [0.3, 0.4) is 0 Å². The average Bonchev–Trinajstić information content (AvgIpc) is 1.81. The standard InChI is InChI=1S/C8H15NO2/c1-5-4-8(3,9)7(10)6(2)11-5/h5-6H,4,9H2,1-3H3/t5-,6?,8?/m0/s1. The smallest absolute Gasteiger partial charge is 0.180 e. The summed E-state index contributed by atoms with van der Waals surface area (Å²) in [4.78, 5) is 11.3. The van der Waals surface area contributed by atoms with Crippen LogP contribution >= 0.6 is 0 Å². The van der Waals surface area contributed by atoms with Crippen molar-refractivity contribution in [3.63, 3.8) is 0 Å². The van der Waals surface area contributed by atoms with Crippen molar-refractivity contribution in [3.05, 3.63) is 0 Å². The molecule has 3 heteroatoms. The second-order valence-corrected chi connectivity index (χ2v) is 3.57. The Morgan fingerprint density at radius 3 is 2.64 bits per heavy atom. The molecule has 0 bridgehead atoms. The summed E-state index contributed by atoms with van der Waals surface area (Å²) in [6.07, 6.45) is 0.377. The molecule has 1 aliphatic heterocycles. The van der Waals surface area contributed by atoms with Gasteiger partial charge in [0.25, 0.3) is 0 Å². The average molecular weight is 157 g/mol. The van der Waals surface area contributed by atoms with Gasteiger partial charge in [0.15, 0.2) is 5.78 Å². The van der Waals surface area contributed by atoms with Crippen LogP contribution in [0.1, 0.15) is 27.2 Å². The molecule has 0 aromatic carbocycles. The molecule has 0 aromatic rings. The molecule has 1 heterocycles. The lowest BCUT2D eigenvalue weighted by Crippen LogP contribution is -2.56. The predicted molar refractivity (Wildman–Crippen MR) is 42.2 cm³/mol. The van der Waals surface area contributed by atoms with Crippen LogP contribution in [0.4, 0.5) is 0 Å². The van der Waals surface area contributed by atoms with E-state index in [0.29, 0.717) is 6.42 Å². The van der Waals surface area contributed by atoms with Crippen molar-refractivity contribution in [3.8, 4) is 0 Å². The fourth-order valence-electron chi connectivity index (χ4n) is 1.62. The topological polar surface area (TPSA) is 52.3 Å². The van der Waals surface area contributed by atoms with Crippen molar-refractivity contribution in [1.82, 2.24) is 0 Å². The number of rotatable bonds is 0. The zero-order valence-corrected chi connectivity index (χ0v) is 7.26. The second kappa shape index (κ2) is 2.57. The summed E-state index contributed by atoms with van der Waals surface area (Å²) in [7, 11) is 0. The van der Waals surface area contributed by atoms with E-state index in [0.717, 1.165) is 0 Å². The third kappa shape index (κ3) is 1.60. The Labute approximate surface area is 66.9 Å². The number of ketones is 1. The second-order valence-electron chi connectivity index (χ2n) is 3.57. The van der Waals surface area contributed by atoms with Gasteiger partial charge in [0.2, 0.25) is 0 Å². The van der Waals surface area contributed by atoms with E-state index < -0.39 is 5.54 Å². The van der Waals surface area contributed by atoms with Crippen LogP contribution in [-0.4, -0.2) is 23.5 Å². The largest absolute Gasteiger partial charge is 0.368 e. The van der Waals surface area contributed by atoms with Crippen molar-refractivity contribution < 1.29 is 9.53 Å². The number of carbonyl (C=O) groups is 1. The van der Waals surface area contributed by atoms with Crippen LogP contribution in [-0.2, 0) is 9.53 Å². The molecule has 0 saturated carbocycles. The Balaban J connectivity index is 2.75. The lowest BCUT2D eigenvalue weighted by Gasteiger charge is -2.35. The number of ether oxygens (including phenoxy) is 1. The van der Waals surface area contributed by atoms with E-state index >= 15 is 0 Å². The molecule has 1 fully saturated rings. The summed E-state index contributed by atoms with van der Waals surface area (Å²) in [5.74, 6) is 0.00981. The molecule has 1 rings (SSSR count). The Kier molecular flexibility index (Phi) is 2.03. The van der Waals surface area contributed by atoms with Gasteiger partial charge in [-0.3, -0.25) is 4.79 Å². The fourth-order valence-corrected chi connectivity index (χ4v) is 1.62. The van der Waals surface area contributed by atoms with E-state index in [9.17, 15) is 4.79 Å². The highest BCUT2D eigenvalue weighted by molar-refractivity contribution is 5.92. The van der Waals surface area contributed by atoms with Gasteiger partial charge in [0.1, 0.15) is 6.10 Å². The van der Waals surface area contributed by atoms with E-state index in [1.54, 1.807) is 13.8 Å². The van der Waals surface area contributed by atoms with Crippen molar-refractivity contribution >= 4 is 5.78 Å². The maximum Gasteiger partial charge on any atom is 0.180 e. The molecule has 1 aliphatic rings. The summed E-state index contributed by atoms with van der Waals surface area (Å²) >= 11 is 0. The number of carbonyl (C=O) groups excluding carboxylic acids is 1. The molecule has 2 N–H and O–H groups in total. The van der Waals surface area contributed by atoms with Gasteiger partial charge in [-0.05, 0) is 27.2 Å². The zero-order valence-electron chi connectivity index (χ0n) is 7.26. The molecule has 0 radical (unpaired) electrons. The molecule has 64 valence electrons. The summed E-state index contributed by atoms with van der Waals surface area (Å²) in [6, 6.07) is 0. The lowest BCUT2D eigenvalue weighted by atomic mass is 9.86. The molecule has 0 aliphatic carbocycles. The monoisotopic (exact) mass is 157 g/mol. The first-order valence-corrected chi connectivity index (χ1v) is 3.92. The summed E-state index contributed by atoms with van der Waals surface area (Å²) in [5, 5.41) is 0. The fraction of sp³-hybridized carbons (Fsp3) is 0.875. The van der Waals surface area contributed by atoms with Gasteiger partial charge in [-0.25, -0.2) is 0 Å². The lowest BCUT2D eigenvalue weighted by molar-refractivity contribution is -0.147. The quantitative estimate of drug-likeness (QED) is 0.556. The van der Waals surface area contributed by atoms with Crippen LogP contribution < -0.4 is 5.73 Å². The highest BCUT2D eigenvalue weighted by atomic mass is 16.5. The van der Waals surface area contributed by atoms with E-state index in [4.69, 9.17) is 10.5 Å². The first-order chi connectivity index (χ1) is 4.93. The van der Waals surface area contributed by atoms with Gasteiger partial charge in [-0.1, -0.05) is 0 Å². The first kappa shape index (κ1) is 8.68. The third-order valence-corrected chi connectivity index (χ3v) is 2.08. The van der Waals surface area contributed by atoms with E-state index in [1.165, 1.54) is 0 Å². The molecule has 3 atom stereocenters. The molecule has 1 saturated heterocycles. The van der Waals surface area contributed by atoms with Crippen molar-refractivity contribution in [2.75, 3.05) is 0 Å². The van der Waals surface area contributed by atoms with Gasteiger partial charge < -0.3 is 10.5 Å². The molecular formula is C8H15NO2. The van der Waals surface area contributed by atoms with E-state index in [1.807, 2.05) is 6.92 Å². The van der Waals surface area contributed by atoms with Gasteiger partial charge in [-0.15, -0.1) is 0 Å². The third-order valence-electron chi connectivity index (χ3n) is 2.08. The molecule has 0 spiro atoms. The number of nitrogens with two attached hydrogens (primary N) is 1. The zero-order chi connectivity index (χ0) is 8.65. The predicted octanol–water partition coefficient (Wildman–Crippen LogP) is 0.470. The number of hydrogen-bond donors (Lipinski definition) is 1. The summed E-state index contributed by atoms with van der Waals surface area (Å²) < 4.78 is 5.30. The van der Waals surface area contributed by atoms with Crippen molar-refractivity contribution in [2.24, 2.45) is 5.73 Å². The minimum atomic E-state index is -0.683. The maximum atomic E-state index is 11.3. The minimum absolute atomic E-state index is 0.00981. The van der Waals surface area contributed by atoms with Crippen molar-refractivity contribution in [1.29, 1.82) is 0 Å².